The topological polar surface area (TPSA) is 39.5 Å². The maximum Gasteiger partial charge on any atom is 0.103 e. The largest absolute Gasteiger partial charge is 0.379 e. The zero-order valence-corrected chi connectivity index (χ0v) is 13.0. The fourth-order valence-corrected chi connectivity index (χ4v) is 3.53. The van der Waals surface area contributed by atoms with Crippen molar-refractivity contribution in [2.24, 2.45) is 0 Å². The van der Waals surface area contributed by atoms with E-state index in [1.54, 1.807) is 0 Å². The molecule has 1 atom stereocenters. The molecule has 5 heteroatoms. The lowest BCUT2D eigenvalue weighted by molar-refractivity contribution is 0.0209. The van der Waals surface area contributed by atoms with Crippen LogP contribution in [0.25, 0.3) is 0 Å². The third-order valence-corrected chi connectivity index (χ3v) is 4.83. The number of halogens is 1. The Hall–Kier alpha value is -1.09. The van der Waals surface area contributed by atoms with Crippen molar-refractivity contribution >= 4 is 21.6 Å². The Morgan fingerprint density at radius 3 is 2.80 bits per heavy atom. The smallest absolute Gasteiger partial charge is 0.103 e. The minimum Gasteiger partial charge on any atom is -0.379 e. The van der Waals surface area contributed by atoms with E-state index in [1.165, 1.54) is 0 Å². The number of hydrogen-bond acceptors (Lipinski definition) is 4. The monoisotopic (exact) mass is 335 g/mol. The molecule has 1 aromatic carbocycles. The van der Waals surface area contributed by atoms with E-state index in [9.17, 15) is 5.26 Å². The predicted molar refractivity (Wildman–Crippen MR) is 81.9 cm³/mol. The normalized spacial score (nSPS) is 23.8. The lowest BCUT2D eigenvalue weighted by atomic mass is 10.2. The summed E-state index contributed by atoms with van der Waals surface area (Å²) in [5.74, 6) is 0. The van der Waals surface area contributed by atoms with E-state index >= 15 is 0 Å². The van der Waals surface area contributed by atoms with Crippen LogP contribution in [0.4, 0.5) is 5.69 Å². The Bertz CT molecular complexity index is 522. The zero-order chi connectivity index (χ0) is 13.9. The van der Waals surface area contributed by atoms with Gasteiger partial charge in [-0.3, -0.25) is 4.90 Å². The van der Waals surface area contributed by atoms with Gasteiger partial charge < -0.3 is 9.64 Å². The number of ether oxygens (including phenoxy) is 1. The van der Waals surface area contributed by atoms with Crippen LogP contribution in [-0.4, -0.2) is 50.3 Å². The maximum absolute atomic E-state index is 9.34. The number of anilines is 1. The highest BCUT2D eigenvalue weighted by molar-refractivity contribution is 9.10. The summed E-state index contributed by atoms with van der Waals surface area (Å²) in [7, 11) is 0. The standard InChI is InChI=1S/C15H18BrN3O/c16-14-2-1-3-15(13(14)10-17)19-5-4-12(11-19)18-6-8-20-9-7-18/h1-3,12H,4-9,11H2. The molecule has 2 aliphatic rings. The number of nitriles is 1. The lowest BCUT2D eigenvalue weighted by Gasteiger charge is -2.32. The van der Waals surface area contributed by atoms with Crippen LogP contribution < -0.4 is 4.90 Å². The van der Waals surface area contributed by atoms with Gasteiger partial charge in [0, 0.05) is 36.7 Å². The van der Waals surface area contributed by atoms with E-state index in [2.05, 4.69) is 31.8 Å². The minimum absolute atomic E-state index is 0.587. The highest BCUT2D eigenvalue weighted by Gasteiger charge is 2.29. The highest BCUT2D eigenvalue weighted by atomic mass is 79.9. The molecule has 1 aromatic rings. The molecule has 0 amide bonds. The second kappa shape index (κ2) is 6.13. The first-order valence-corrected chi connectivity index (χ1v) is 7.84. The minimum atomic E-state index is 0.587. The molecule has 0 aromatic heterocycles. The average molecular weight is 336 g/mol. The summed E-state index contributed by atoms with van der Waals surface area (Å²) in [5, 5.41) is 9.34. The number of morpholine rings is 1. The van der Waals surface area contributed by atoms with Crippen LogP contribution in [0.2, 0.25) is 0 Å². The van der Waals surface area contributed by atoms with E-state index in [-0.39, 0.29) is 0 Å². The van der Waals surface area contributed by atoms with Gasteiger partial charge in [-0.25, -0.2) is 0 Å². The Labute approximate surface area is 128 Å². The summed E-state index contributed by atoms with van der Waals surface area (Å²) < 4.78 is 6.30. The summed E-state index contributed by atoms with van der Waals surface area (Å²) in [4.78, 5) is 4.86. The third-order valence-electron chi connectivity index (χ3n) is 4.17. The zero-order valence-electron chi connectivity index (χ0n) is 11.4. The van der Waals surface area contributed by atoms with Gasteiger partial charge in [-0.15, -0.1) is 0 Å². The van der Waals surface area contributed by atoms with Gasteiger partial charge >= 0.3 is 0 Å². The molecule has 0 bridgehead atoms. The van der Waals surface area contributed by atoms with Crippen LogP contribution in [0.1, 0.15) is 12.0 Å². The maximum atomic E-state index is 9.34. The molecule has 0 saturated carbocycles. The van der Waals surface area contributed by atoms with Gasteiger partial charge in [0.05, 0.1) is 24.5 Å². The van der Waals surface area contributed by atoms with Gasteiger partial charge in [0.2, 0.25) is 0 Å². The van der Waals surface area contributed by atoms with Gasteiger partial charge in [-0.2, -0.15) is 5.26 Å². The van der Waals surface area contributed by atoms with E-state index in [1.807, 2.05) is 18.2 Å². The molecule has 20 heavy (non-hydrogen) atoms. The second-order valence-electron chi connectivity index (χ2n) is 5.28. The van der Waals surface area contributed by atoms with E-state index in [0.717, 1.165) is 61.5 Å². The molecule has 2 heterocycles. The van der Waals surface area contributed by atoms with E-state index in [0.29, 0.717) is 6.04 Å². The van der Waals surface area contributed by atoms with Gasteiger partial charge in [0.15, 0.2) is 0 Å². The van der Waals surface area contributed by atoms with Crippen molar-refractivity contribution in [3.05, 3.63) is 28.2 Å². The summed E-state index contributed by atoms with van der Waals surface area (Å²) in [6, 6.07) is 8.88. The number of nitrogens with zero attached hydrogens (tertiary/aromatic N) is 3. The molecule has 1 unspecified atom stereocenters. The van der Waals surface area contributed by atoms with Gasteiger partial charge in [0.25, 0.3) is 0 Å². The molecule has 2 saturated heterocycles. The molecule has 4 nitrogen and oxygen atoms in total. The molecular formula is C15H18BrN3O. The number of benzene rings is 1. The van der Waals surface area contributed by atoms with Crippen molar-refractivity contribution in [2.75, 3.05) is 44.3 Å². The predicted octanol–water partition coefficient (Wildman–Crippen LogP) is 2.23. The fourth-order valence-electron chi connectivity index (χ4n) is 3.09. The van der Waals surface area contributed by atoms with E-state index < -0.39 is 0 Å². The lowest BCUT2D eigenvalue weighted by Crippen LogP contribution is -2.44. The first-order valence-electron chi connectivity index (χ1n) is 7.05. The molecule has 0 spiro atoms. The summed E-state index contributed by atoms with van der Waals surface area (Å²) in [6.45, 7) is 5.77. The molecule has 0 N–H and O–H groups in total. The van der Waals surface area contributed by atoms with Crippen molar-refractivity contribution in [1.29, 1.82) is 5.26 Å². The Morgan fingerprint density at radius 1 is 1.25 bits per heavy atom. The molecule has 0 radical (unpaired) electrons. The van der Waals surface area contributed by atoms with Crippen LogP contribution >= 0.6 is 15.9 Å². The second-order valence-corrected chi connectivity index (χ2v) is 6.14. The third kappa shape index (κ3) is 2.69. The Balaban J connectivity index is 1.74. The van der Waals surface area contributed by atoms with Crippen molar-refractivity contribution in [3.8, 4) is 6.07 Å². The van der Waals surface area contributed by atoms with Crippen molar-refractivity contribution in [3.63, 3.8) is 0 Å². The quantitative estimate of drug-likeness (QED) is 0.830. The van der Waals surface area contributed by atoms with Gasteiger partial charge in [0.1, 0.15) is 6.07 Å². The van der Waals surface area contributed by atoms with Crippen LogP contribution in [0, 0.1) is 11.3 Å². The highest BCUT2D eigenvalue weighted by Crippen LogP contribution is 2.30. The van der Waals surface area contributed by atoms with Gasteiger partial charge in [-0.05, 0) is 34.5 Å². The molecular weight excluding hydrogens is 318 g/mol. The van der Waals surface area contributed by atoms with Crippen LogP contribution in [0.3, 0.4) is 0 Å². The molecule has 0 aliphatic carbocycles. The molecule has 2 aliphatic heterocycles. The van der Waals surface area contributed by atoms with Crippen LogP contribution in [-0.2, 0) is 4.74 Å². The molecule has 2 fully saturated rings. The summed E-state index contributed by atoms with van der Waals surface area (Å²) in [5.41, 5.74) is 1.80. The molecule has 106 valence electrons. The molecule has 3 rings (SSSR count). The summed E-state index contributed by atoms with van der Waals surface area (Å²) in [6.07, 6.45) is 1.16. The van der Waals surface area contributed by atoms with Gasteiger partial charge in [-0.1, -0.05) is 6.07 Å². The fraction of sp³-hybridized carbons (Fsp3) is 0.533. The van der Waals surface area contributed by atoms with Crippen LogP contribution in [0.5, 0.6) is 0 Å². The first-order chi connectivity index (χ1) is 9.79. The average Bonchev–Trinajstić information content (AvgIpc) is 2.97. The van der Waals surface area contributed by atoms with Crippen molar-refractivity contribution in [2.45, 2.75) is 12.5 Å². The van der Waals surface area contributed by atoms with Crippen LogP contribution in [0.15, 0.2) is 22.7 Å². The van der Waals surface area contributed by atoms with Crippen molar-refractivity contribution < 1.29 is 4.74 Å². The van der Waals surface area contributed by atoms with Crippen molar-refractivity contribution in [1.82, 2.24) is 4.90 Å². The first kappa shape index (κ1) is 13.9. The van der Waals surface area contributed by atoms with E-state index in [4.69, 9.17) is 4.74 Å². The summed E-state index contributed by atoms with van der Waals surface area (Å²) >= 11 is 3.47. The Morgan fingerprint density at radius 2 is 2.05 bits per heavy atom. The Kier molecular flexibility index (Phi) is 4.25. The number of rotatable bonds is 2. The number of hydrogen-bond donors (Lipinski definition) is 0. The SMILES string of the molecule is N#Cc1c(Br)cccc1N1CCC(N2CCOCC2)C1.